The number of amides is 1. The van der Waals surface area contributed by atoms with Gasteiger partial charge in [-0.1, -0.05) is 0 Å². The van der Waals surface area contributed by atoms with Gasteiger partial charge >= 0.3 is 0 Å². The van der Waals surface area contributed by atoms with Crippen molar-refractivity contribution in [1.29, 1.82) is 5.26 Å². The van der Waals surface area contributed by atoms with Gasteiger partial charge in [0, 0.05) is 24.6 Å². The summed E-state index contributed by atoms with van der Waals surface area (Å²) in [6, 6.07) is 6.60. The second-order valence-corrected chi connectivity index (χ2v) is 6.81. The number of aromatic nitrogens is 4. The fourth-order valence-electron chi connectivity index (χ4n) is 3.62. The number of fused-ring (bicyclic) bond motifs is 1. The van der Waals surface area contributed by atoms with Crippen molar-refractivity contribution >= 4 is 11.7 Å². The molecule has 1 saturated heterocycles. The first-order valence-corrected chi connectivity index (χ1v) is 8.95. The minimum absolute atomic E-state index is 0.0574. The van der Waals surface area contributed by atoms with Gasteiger partial charge in [0.05, 0.1) is 17.3 Å². The highest BCUT2D eigenvalue weighted by Gasteiger charge is 2.29. The van der Waals surface area contributed by atoms with E-state index in [0.717, 1.165) is 12.1 Å². The summed E-state index contributed by atoms with van der Waals surface area (Å²) in [6.45, 7) is 0.694. The van der Waals surface area contributed by atoms with Gasteiger partial charge in [-0.3, -0.25) is 4.79 Å². The Bertz CT molecular complexity index is 1120. The van der Waals surface area contributed by atoms with Crippen LogP contribution < -0.4 is 0 Å². The van der Waals surface area contributed by atoms with Crippen molar-refractivity contribution in [3.8, 4) is 6.07 Å². The number of rotatable bonds is 3. The summed E-state index contributed by atoms with van der Waals surface area (Å²) in [5.74, 6) is -1.27. The van der Waals surface area contributed by atoms with E-state index in [1.54, 1.807) is 0 Å². The van der Waals surface area contributed by atoms with Crippen molar-refractivity contribution in [3.63, 3.8) is 0 Å². The van der Waals surface area contributed by atoms with Gasteiger partial charge in [-0.25, -0.2) is 22.7 Å². The average Bonchev–Trinajstić information content (AvgIpc) is 3.20. The lowest BCUT2D eigenvalue weighted by Gasteiger charge is -2.33. The summed E-state index contributed by atoms with van der Waals surface area (Å²) in [5, 5.41) is 13.1. The molecule has 1 aliphatic heterocycles. The number of piperidine rings is 1. The van der Waals surface area contributed by atoms with Crippen LogP contribution in [0.2, 0.25) is 0 Å². The minimum Gasteiger partial charge on any atom is -0.338 e. The third kappa shape index (κ3) is 3.63. The lowest BCUT2D eigenvalue weighted by atomic mass is 9.93. The molecule has 0 aliphatic carbocycles. The van der Waals surface area contributed by atoms with E-state index in [1.807, 2.05) is 6.07 Å². The van der Waals surface area contributed by atoms with Gasteiger partial charge in [0.1, 0.15) is 17.8 Å². The predicted molar refractivity (Wildman–Crippen MR) is 94.7 cm³/mol. The Morgan fingerprint density at radius 3 is 2.86 bits per heavy atom. The minimum atomic E-state index is -2.76. The third-order valence-corrected chi connectivity index (χ3v) is 4.92. The van der Waals surface area contributed by atoms with Crippen LogP contribution in [0.5, 0.6) is 0 Å². The van der Waals surface area contributed by atoms with Crippen molar-refractivity contribution in [2.45, 2.75) is 25.2 Å². The fourth-order valence-corrected chi connectivity index (χ4v) is 3.62. The molecule has 1 aromatic carbocycles. The van der Waals surface area contributed by atoms with E-state index in [2.05, 4.69) is 15.1 Å². The topological polar surface area (TPSA) is 87.2 Å². The van der Waals surface area contributed by atoms with E-state index in [-0.39, 0.29) is 29.4 Å². The summed E-state index contributed by atoms with van der Waals surface area (Å²) in [7, 11) is 0. The van der Waals surface area contributed by atoms with Crippen LogP contribution in [0.25, 0.3) is 5.78 Å². The highest BCUT2D eigenvalue weighted by molar-refractivity contribution is 5.94. The summed E-state index contributed by atoms with van der Waals surface area (Å²) < 4.78 is 41.6. The van der Waals surface area contributed by atoms with Crippen LogP contribution in [-0.2, 0) is 0 Å². The Hall–Kier alpha value is -3.48. The number of alkyl halides is 2. The van der Waals surface area contributed by atoms with Gasteiger partial charge in [0.25, 0.3) is 18.1 Å². The van der Waals surface area contributed by atoms with Crippen LogP contribution >= 0.6 is 0 Å². The molecule has 0 radical (unpaired) electrons. The van der Waals surface area contributed by atoms with Gasteiger partial charge < -0.3 is 4.90 Å². The van der Waals surface area contributed by atoms with Crippen LogP contribution in [0.3, 0.4) is 0 Å². The van der Waals surface area contributed by atoms with Gasteiger partial charge in [-0.2, -0.15) is 15.3 Å². The van der Waals surface area contributed by atoms with Crippen LogP contribution in [0.4, 0.5) is 13.2 Å². The maximum absolute atomic E-state index is 13.7. The molecule has 3 heterocycles. The molecule has 3 aromatic rings. The molecule has 2 aromatic heterocycles. The highest BCUT2D eigenvalue weighted by atomic mass is 19.3. The van der Waals surface area contributed by atoms with Crippen LogP contribution in [0, 0.1) is 17.1 Å². The van der Waals surface area contributed by atoms with E-state index in [9.17, 15) is 18.0 Å². The lowest BCUT2D eigenvalue weighted by Crippen LogP contribution is -2.39. The molecule has 1 amide bonds. The van der Waals surface area contributed by atoms with Crippen LogP contribution in [-0.4, -0.2) is 43.5 Å². The standard InChI is InChI=1S/C19H15F3N6O/c20-14-5-11(8-23)4-13(6-14)18(29)27-3-1-2-12(9-27)16-7-15(17(21)22)26-19-24-10-25-28(16)19/h4-7,10,12,17H,1-3,9H2/t12-/m0/s1. The first-order chi connectivity index (χ1) is 14.0. The number of hydrogen-bond acceptors (Lipinski definition) is 5. The van der Waals surface area contributed by atoms with Crippen LogP contribution in [0.15, 0.2) is 30.6 Å². The number of benzene rings is 1. The molecular formula is C19H15F3N6O. The zero-order valence-corrected chi connectivity index (χ0v) is 15.1. The molecule has 0 bridgehead atoms. The fraction of sp³-hybridized carbons (Fsp3) is 0.316. The first kappa shape index (κ1) is 18.9. The largest absolute Gasteiger partial charge is 0.338 e. The van der Waals surface area contributed by atoms with Gasteiger partial charge in [0.2, 0.25) is 0 Å². The first-order valence-electron chi connectivity index (χ1n) is 8.95. The van der Waals surface area contributed by atoms with Gasteiger partial charge in [-0.15, -0.1) is 0 Å². The second-order valence-electron chi connectivity index (χ2n) is 6.81. The number of nitrogens with zero attached hydrogens (tertiary/aromatic N) is 6. The molecule has 0 saturated carbocycles. The molecular weight excluding hydrogens is 385 g/mol. The average molecular weight is 400 g/mol. The van der Waals surface area contributed by atoms with E-state index in [4.69, 9.17) is 5.26 Å². The molecule has 10 heteroatoms. The molecule has 4 rings (SSSR count). The molecule has 7 nitrogen and oxygen atoms in total. The van der Waals surface area contributed by atoms with Crippen molar-refractivity contribution < 1.29 is 18.0 Å². The molecule has 1 fully saturated rings. The Balaban J connectivity index is 1.65. The smallest absolute Gasteiger partial charge is 0.280 e. The van der Waals surface area contributed by atoms with Crippen molar-refractivity contribution in [3.05, 3.63) is 58.9 Å². The zero-order chi connectivity index (χ0) is 20.5. The second kappa shape index (κ2) is 7.50. The molecule has 148 valence electrons. The van der Waals surface area contributed by atoms with Gasteiger partial charge in [0.15, 0.2) is 0 Å². The quantitative estimate of drug-likeness (QED) is 0.674. The zero-order valence-electron chi connectivity index (χ0n) is 15.1. The number of hydrogen-bond donors (Lipinski definition) is 0. The number of likely N-dealkylation sites (tertiary alicyclic amines) is 1. The maximum Gasteiger partial charge on any atom is 0.280 e. The summed E-state index contributed by atoms with van der Waals surface area (Å²) in [4.78, 5) is 22.1. The third-order valence-electron chi connectivity index (χ3n) is 4.92. The number of halogens is 3. The Morgan fingerprint density at radius 2 is 2.10 bits per heavy atom. The Labute approximate surface area is 163 Å². The Morgan fingerprint density at radius 1 is 1.28 bits per heavy atom. The van der Waals surface area contributed by atoms with Crippen molar-refractivity contribution in [2.75, 3.05) is 13.1 Å². The maximum atomic E-state index is 13.7. The predicted octanol–water partition coefficient (Wildman–Crippen LogP) is 3.09. The summed E-state index contributed by atoms with van der Waals surface area (Å²) in [5.41, 5.74) is 0.239. The molecule has 1 aliphatic rings. The number of carbonyl (C=O) groups excluding carboxylic acids is 1. The van der Waals surface area contributed by atoms with Crippen LogP contribution in [0.1, 0.15) is 52.5 Å². The molecule has 0 N–H and O–H groups in total. The van der Waals surface area contributed by atoms with E-state index < -0.39 is 23.8 Å². The monoisotopic (exact) mass is 400 g/mol. The van der Waals surface area contributed by atoms with Crippen molar-refractivity contribution in [2.24, 2.45) is 0 Å². The molecule has 1 atom stereocenters. The summed E-state index contributed by atoms with van der Waals surface area (Å²) in [6.07, 6.45) is -0.214. The van der Waals surface area contributed by atoms with E-state index in [1.165, 1.54) is 27.9 Å². The highest BCUT2D eigenvalue weighted by Crippen LogP contribution is 2.30. The van der Waals surface area contributed by atoms with Gasteiger partial charge in [-0.05, 0) is 37.1 Å². The molecule has 0 spiro atoms. The molecule has 0 unspecified atom stereocenters. The van der Waals surface area contributed by atoms with Crippen molar-refractivity contribution in [1.82, 2.24) is 24.5 Å². The normalized spacial score (nSPS) is 16.9. The van der Waals surface area contributed by atoms with E-state index in [0.29, 0.717) is 25.1 Å². The SMILES string of the molecule is N#Cc1cc(F)cc(C(=O)N2CCC[C@H](c3cc(C(F)F)nc4ncnn34)C2)c1. The van der Waals surface area contributed by atoms with E-state index >= 15 is 0 Å². The lowest BCUT2D eigenvalue weighted by molar-refractivity contribution is 0.0704. The summed E-state index contributed by atoms with van der Waals surface area (Å²) >= 11 is 0. The number of carbonyl (C=O) groups is 1. The Kier molecular flexibility index (Phi) is 4.88. The molecule has 29 heavy (non-hydrogen) atoms. The number of nitriles is 1.